The highest BCUT2D eigenvalue weighted by atomic mass is 31.0. The molecule has 3 fully saturated rings. The van der Waals surface area contributed by atoms with Crippen LogP contribution in [0.3, 0.4) is 0 Å². The molecule has 41 heavy (non-hydrogen) atoms. The molecular formula is C28H35F3N5O4P. The number of carbonyl (C=O) groups is 2. The number of ether oxygens (including phenoxy) is 1. The standard InChI is InChI=1S/C25H30FN5O3.C3H5F2OP/c1-34-21-5-2-18(3-6-21)15-31-24(32)8-11-30(25(31)33)19-4-7-23(22(26)14-19)29-16-20(17-29)28-12-9-27-10-13-28;1-2(6)3(4,5)7/h2-7,14,20,27H,8-13,15-17H2,1H3;6H,1,7H2. The number of nitrogens with one attached hydrogen (secondary N) is 1. The molecule has 3 heterocycles. The Kier molecular flexibility index (Phi) is 9.78. The molecule has 13 heteroatoms. The van der Waals surface area contributed by atoms with Crippen molar-refractivity contribution in [2.75, 3.05) is 62.7 Å². The van der Waals surface area contributed by atoms with Gasteiger partial charge in [-0.3, -0.25) is 19.5 Å². The SMILES string of the molecule is C=C(O)C(F)(F)P.COc1ccc(CN2C(=O)CCN(c3ccc(N4CC(N5CCNCC5)C4)c(F)c3)C2=O)cc1. The third-order valence-corrected chi connectivity index (χ3v) is 7.64. The van der Waals surface area contributed by atoms with Gasteiger partial charge in [-0.15, -0.1) is 0 Å². The van der Waals surface area contributed by atoms with Crippen LogP contribution >= 0.6 is 9.24 Å². The number of hydrogen-bond acceptors (Lipinski definition) is 7. The number of aliphatic hydroxyl groups is 1. The van der Waals surface area contributed by atoms with Gasteiger partial charge < -0.3 is 20.1 Å². The molecule has 0 radical (unpaired) electrons. The highest BCUT2D eigenvalue weighted by molar-refractivity contribution is 7.18. The topological polar surface area (TPSA) is 88.6 Å². The number of anilines is 2. The molecule has 5 rings (SSSR count). The van der Waals surface area contributed by atoms with Crippen molar-refractivity contribution in [3.8, 4) is 5.75 Å². The van der Waals surface area contributed by atoms with Gasteiger partial charge in [0.1, 0.15) is 11.6 Å². The Morgan fingerprint density at radius 1 is 1.12 bits per heavy atom. The van der Waals surface area contributed by atoms with Crippen LogP contribution in [0.25, 0.3) is 0 Å². The fraction of sp³-hybridized carbons (Fsp3) is 0.429. The van der Waals surface area contributed by atoms with Gasteiger partial charge in [-0.1, -0.05) is 28.0 Å². The molecular weight excluding hydrogens is 558 g/mol. The van der Waals surface area contributed by atoms with E-state index >= 15 is 4.39 Å². The third kappa shape index (κ3) is 7.49. The van der Waals surface area contributed by atoms with Crippen molar-refractivity contribution in [1.82, 2.24) is 15.1 Å². The number of urea groups is 1. The smallest absolute Gasteiger partial charge is 0.331 e. The van der Waals surface area contributed by atoms with Crippen molar-refractivity contribution in [2.45, 2.75) is 24.7 Å². The molecule has 222 valence electrons. The van der Waals surface area contributed by atoms with Crippen LogP contribution < -0.4 is 19.9 Å². The fourth-order valence-electron chi connectivity index (χ4n) is 4.85. The monoisotopic (exact) mass is 593 g/mol. The van der Waals surface area contributed by atoms with Gasteiger partial charge in [0.05, 0.1) is 19.3 Å². The maximum Gasteiger partial charge on any atom is 0.331 e. The Balaban J connectivity index is 0.000000493. The molecule has 3 saturated heterocycles. The van der Waals surface area contributed by atoms with Gasteiger partial charge in [-0.05, 0) is 35.9 Å². The summed E-state index contributed by atoms with van der Waals surface area (Å²) < 4.78 is 43.1. The summed E-state index contributed by atoms with van der Waals surface area (Å²) in [4.78, 5) is 32.8. The van der Waals surface area contributed by atoms with Crippen LogP contribution in [0, 0.1) is 5.82 Å². The highest BCUT2D eigenvalue weighted by Gasteiger charge is 2.36. The molecule has 0 bridgehead atoms. The average molecular weight is 594 g/mol. The van der Waals surface area contributed by atoms with Crippen LogP contribution in [0.2, 0.25) is 0 Å². The number of halogens is 3. The molecule has 3 aliphatic rings. The maximum atomic E-state index is 15.1. The summed E-state index contributed by atoms with van der Waals surface area (Å²) >= 11 is 0. The van der Waals surface area contributed by atoms with Crippen LogP contribution in [0.5, 0.6) is 5.75 Å². The van der Waals surface area contributed by atoms with Gasteiger partial charge in [0.25, 0.3) is 0 Å². The maximum absolute atomic E-state index is 15.1. The minimum absolute atomic E-state index is 0.167. The Bertz CT molecular complexity index is 1250. The number of nitrogens with zero attached hydrogens (tertiary/aromatic N) is 4. The van der Waals surface area contributed by atoms with E-state index in [1.165, 1.54) is 15.9 Å². The molecule has 2 N–H and O–H groups in total. The zero-order chi connectivity index (χ0) is 29.7. The average Bonchev–Trinajstić information content (AvgIpc) is 2.92. The lowest BCUT2D eigenvalue weighted by Gasteiger charge is -2.48. The Hall–Kier alpha value is -3.34. The molecule has 3 amide bonds. The molecule has 0 saturated carbocycles. The normalized spacial score (nSPS) is 18.5. The van der Waals surface area contributed by atoms with Crippen LogP contribution in [-0.2, 0) is 11.3 Å². The number of piperazine rings is 1. The van der Waals surface area contributed by atoms with E-state index in [-0.39, 0.29) is 31.2 Å². The zero-order valence-corrected chi connectivity index (χ0v) is 24.0. The number of benzene rings is 2. The van der Waals surface area contributed by atoms with E-state index in [9.17, 15) is 18.4 Å². The number of alkyl halides is 2. The van der Waals surface area contributed by atoms with E-state index in [1.807, 2.05) is 17.0 Å². The lowest BCUT2D eigenvalue weighted by molar-refractivity contribution is -0.129. The molecule has 2 aromatic carbocycles. The van der Waals surface area contributed by atoms with Crippen LogP contribution in [0.15, 0.2) is 54.8 Å². The van der Waals surface area contributed by atoms with Crippen molar-refractivity contribution in [2.24, 2.45) is 0 Å². The fourth-order valence-corrected chi connectivity index (χ4v) is 4.85. The summed E-state index contributed by atoms with van der Waals surface area (Å²) in [6, 6.07) is 12.2. The van der Waals surface area contributed by atoms with Gasteiger partial charge in [0.15, 0.2) is 5.76 Å². The zero-order valence-electron chi connectivity index (χ0n) is 22.9. The van der Waals surface area contributed by atoms with Gasteiger partial charge in [-0.25, -0.2) is 9.18 Å². The number of rotatable bonds is 7. The highest BCUT2D eigenvalue weighted by Crippen LogP contribution is 2.31. The summed E-state index contributed by atoms with van der Waals surface area (Å²) in [5.74, 6) is -0.993. The van der Waals surface area contributed by atoms with E-state index in [0.29, 0.717) is 23.2 Å². The van der Waals surface area contributed by atoms with Gasteiger partial charge in [0, 0.05) is 64.0 Å². The summed E-state index contributed by atoms with van der Waals surface area (Å²) in [5.41, 5.74) is -1.37. The first-order valence-electron chi connectivity index (χ1n) is 13.3. The van der Waals surface area contributed by atoms with Crippen LogP contribution in [-0.4, -0.2) is 91.5 Å². The molecule has 0 spiro atoms. The quantitative estimate of drug-likeness (QED) is 0.373. The molecule has 3 aliphatic heterocycles. The molecule has 0 aliphatic carbocycles. The molecule has 1 unspecified atom stereocenters. The first kappa shape index (κ1) is 30.6. The molecule has 2 aromatic rings. The number of allylic oxidation sites excluding steroid dienone is 1. The van der Waals surface area contributed by atoms with Crippen LogP contribution in [0.1, 0.15) is 12.0 Å². The minimum Gasteiger partial charge on any atom is -0.506 e. The van der Waals surface area contributed by atoms with Gasteiger partial charge in [0.2, 0.25) is 5.91 Å². The second-order valence-corrected chi connectivity index (χ2v) is 10.8. The van der Waals surface area contributed by atoms with E-state index in [4.69, 9.17) is 9.84 Å². The summed E-state index contributed by atoms with van der Waals surface area (Å²) in [7, 11) is 2.73. The first-order chi connectivity index (χ1) is 19.5. The lowest BCUT2D eigenvalue weighted by Crippen LogP contribution is -2.63. The predicted molar refractivity (Wildman–Crippen MR) is 154 cm³/mol. The van der Waals surface area contributed by atoms with E-state index in [2.05, 4.69) is 16.8 Å². The molecule has 9 nitrogen and oxygen atoms in total. The molecule has 1 atom stereocenters. The Labute approximate surface area is 239 Å². The van der Waals surface area contributed by atoms with Crippen LogP contribution in [0.4, 0.5) is 29.3 Å². The predicted octanol–water partition coefficient (Wildman–Crippen LogP) is 3.81. The summed E-state index contributed by atoms with van der Waals surface area (Å²) in [5, 5.41) is 11.3. The Morgan fingerprint density at radius 3 is 2.32 bits per heavy atom. The lowest BCUT2D eigenvalue weighted by atomic mass is 10.0. The number of methoxy groups -OCH3 is 1. The van der Waals surface area contributed by atoms with Gasteiger partial charge >= 0.3 is 11.7 Å². The van der Waals surface area contributed by atoms with Crippen molar-refractivity contribution < 1.29 is 32.6 Å². The van der Waals surface area contributed by atoms with Crippen molar-refractivity contribution in [3.05, 3.63) is 66.2 Å². The number of hydrogen-bond donors (Lipinski definition) is 2. The van der Waals surface area contributed by atoms with Crippen molar-refractivity contribution in [3.63, 3.8) is 0 Å². The van der Waals surface area contributed by atoms with E-state index in [1.54, 1.807) is 31.4 Å². The van der Waals surface area contributed by atoms with Crippen molar-refractivity contribution >= 4 is 32.6 Å². The van der Waals surface area contributed by atoms with Gasteiger partial charge in [-0.2, -0.15) is 8.78 Å². The summed E-state index contributed by atoms with van der Waals surface area (Å²) in [6.07, 6.45) is 0.198. The van der Waals surface area contributed by atoms with E-state index < -0.39 is 17.5 Å². The minimum atomic E-state index is -3.22. The van der Waals surface area contributed by atoms with E-state index in [0.717, 1.165) is 54.1 Å². The third-order valence-electron chi connectivity index (χ3n) is 7.31. The number of carbonyl (C=O) groups excluding carboxylic acids is 2. The number of imide groups is 1. The van der Waals surface area contributed by atoms with Crippen molar-refractivity contribution in [1.29, 1.82) is 0 Å². The number of amides is 3. The second kappa shape index (κ2) is 13.1. The first-order valence-corrected chi connectivity index (χ1v) is 13.8. The second-order valence-electron chi connectivity index (χ2n) is 10.1. The largest absolute Gasteiger partial charge is 0.506 e. The summed E-state index contributed by atoms with van der Waals surface area (Å²) in [6.45, 7) is 8.70. The Morgan fingerprint density at radius 2 is 1.76 bits per heavy atom. The molecule has 0 aromatic heterocycles. The number of aliphatic hydroxyl groups excluding tert-OH is 1.